The van der Waals surface area contributed by atoms with Crippen LogP contribution >= 0.6 is 11.8 Å². The van der Waals surface area contributed by atoms with Crippen molar-refractivity contribution in [1.29, 1.82) is 5.26 Å². The van der Waals surface area contributed by atoms with Gasteiger partial charge in [0.15, 0.2) is 0 Å². The molecule has 0 aliphatic carbocycles. The van der Waals surface area contributed by atoms with Crippen molar-refractivity contribution in [3.8, 4) is 6.07 Å². The van der Waals surface area contributed by atoms with E-state index in [4.69, 9.17) is 5.26 Å². The number of thioether (sulfide) groups is 1. The summed E-state index contributed by atoms with van der Waals surface area (Å²) in [7, 11) is 0. The zero-order chi connectivity index (χ0) is 13.1. The topological polar surface area (TPSA) is 27.0 Å². The number of hydrogen-bond donors (Lipinski definition) is 0. The highest BCUT2D eigenvalue weighted by Gasteiger charge is 2.25. The van der Waals surface area contributed by atoms with E-state index < -0.39 is 0 Å². The summed E-state index contributed by atoms with van der Waals surface area (Å²) in [5.74, 6) is 0.873. The summed E-state index contributed by atoms with van der Waals surface area (Å²) >= 11 is 1.96. The zero-order valence-electron chi connectivity index (χ0n) is 10.7. The second kappa shape index (κ2) is 5.73. The van der Waals surface area contributed by atoms with E-state index in [9.17, 15) is 4.39 Å². The summed E-state index contributed by atoms with van der Waals surface area (Å²) in [6.07, 6.45) is 0. The Morgan fingerprint density at radius 3 is 3.00 bits per heavy atom. The van der Waals surface area contributed by atoms with Crippen LogP contribution in [-0.2, 0) is 6.54 Å². The minimum atomic E-state index is -0.216. The van der Waals surface area contributed by atoms with E-state index in [1.165, 1.54) is 12.1 Å². The fourth-order valence-electron chi connectivity index (χ4n) is 2.20. The average Bonchev–Trinajstić information content (AvgIpc) is 2.37. The first-order valence-electron chi connectivity index (χ1n) is 6.16. The molecule has 1 aromatic rings. The Bertz CT molecular complexity index is 469. The Labute approximate surface area is 112 Å². The van der Waals surface area contributed by atoms with Gasteiger partial charge in [0.05, 0.1) is 11.6 Å². The number of halogens is 1. The van der Waals surface area contributed by atoms with E-state index in [0.29, 0.717) is 29.0 Å². The largest absolute Gasteiger partial charge is 0.294 e. The van der Waals surface area contributed by atoms with Crippen LogP contribution in [0.25, 0.3) is 0 Å². The van der Waals surface area contributed by atoms with E-state index in [0.717, 1.165) is 12.3 Å². The minimum absolute atomic E-state index is 0.216. The molecule has 1 aliphatic heterocycles. The zero-order valence-corrected chi connectivity index (χ0v) is 11.5. The van der Waals surface area contributed by atoms with Gasteiger partial charge in [0.25, 0.3) is 0 Å². The standard InChI is InChI=1S/C14H17FN2S/c1-10-11(2)18-6-5-17(10)9-13-7-12(8-16)3-4-14(13)15/h3-4,7,10-11H,5-6,9H2,1-2H3. The molecule has 1 saturated heterocycles. The highest BCUT2D eigenvalue weighted by molar-refractivity contribution is 8.00. The van der Waals surface area contributed by atoms with Crippen LogP contribution in [0.1, 0.15) is 25.0 Å². The molecule has 2 atom stereocenters. The second-order valence-electron chi connectivity index (χ2n) is 4.70. The maximum absolute atomic E-state index is 13.7. The molecule has 0 spiro atoms. The van der Waals surface area contributed by atoms with Gasteiger partial charge in [-0.25, -0.2) is 4.39 Å². The molecule has 1 aliphatic rings. The van der Waals surface area contributed by atoms with Crippen LogP contribution in [0.4, 0.5) is 4.39 Å². The summed E-state index contributed by atoms with van der Waals surface area (Å²) in [5, 5.41) is 9.43. The van der Waals surface area contributed by atoms with E-state index >= 15 is 0 Å². The van der Waals surface area contributed by atoms with Crippen LogP contribution < -0.4 is 0 Å². The Morgan fingerprint density at radius 2 is 2.28 bits per heavy atom. The quantitative estimate of drug-likeness (QED) is 0.821. The van der Waals surface area contributed by atoms with Gasteiger partial charge in [-0.3, -0.25) is 4.90 Å². The summed E-state index contributed by atoms with van der Waals surface area (Å²) in [5.41, 5.74) is 1.15. The second-order valence-corrected chi connectivity index (χ2v) is 6.19. The van der Waals surface area contributed by atoms with Crippen molar-refractivity contribution >= 4 is 11.8 Å². The van der Waals surface area contributed by atoms with E-state index in [1.54, 1.807) is 6.07 Å². The molecule has 0 saturated carbocycles. The van der Waals surface area contributed by atoms with Gasteiger partial charge in [0.2, 0.25) is 0 Å². The number of nitriles is 1. The smallest absolute Gasteiger partial charge is 0.127 e. The highest BCUT2D eigenvalue weighted by atomic mass is 32.2. The van der Waals surface area contributed by atoms with Crippen LogP contribution in [-0.4, -0.2) is 28.5 Å². The van der Waals surface area contributed by atoms with Gasteiger partial charge in [0.1, 0.15) is 5.82 Å². The van der Waals surface area contributed by atoms with Crippen LogP contribution in [0, 0.1) is 17.1 Å². The molecule has 4 heteroatoms. The fourth-order valence-corrected chi connectivity index (χ4v) is 3.37. The number of hydrogen-bond acceptors (Lipinski definition) is 3. The minimum Gasteiger partial charge on any atom is -0.294 e. The van der Waals surface area contributed by atoms with Crippen molar-refractivity contribution in [1.82, 2.24) is 4.90 Å². The molecule has 0 bridgehead atoms. The van der Waals surface area contributed by atoms with Gasteiger partial charge in [0, 0.05) is 35.7 Å². The van der Waals surface area contributed by atoms with Crippen LogP contribution in [0.5, 0.6) is 0 Å². The molecular formula is C14H17FN2S. The third kappa shape index (κ3) is 2.85. The maximum atomic E-state index is 13.7. The van der Waals surface area contributed by atoms with Gasteiger partial charge in [-0.15, -0.1) is 0 Å². The molecule has 1 heterocycles. The summed E-state index contributed by atoms with van der Waals surface area (Å²) < 4.78 is 13.7. The van der Waals surface area contributed by atoms with Crippen molar-refractivity contribution < 1.29 is 4.39 Å². The molecular weight excluding hydrogens is 247 g/mol. The number of nitrogens with zero attached hydrogens (tertiary/aromatic N) is 2. The lowest BCUT2D eigenvalue weighted by atomic mass is 10.1. The SMILES string of the molecule is CC1SCCN(Cc2cc(C#N)ccc2F)C1C. The van der Waals surface area contributed by atoms with E-state index in [-0.39, 0.29) is 5.82 Å². The van der Waals surface area contributed by atoms with Crippen LogP contribution in [0.15, 0.2) is 18.2 Å². The molecule has 2 nitrogen and oxygen atoms in total. The lowest BCUT2D eigenvalue weighted by Gasteiger charge is -2.37. The first-order valence-corrected chi connectivity index (χ1v) is 7.21. The molecule has 18 heavy (non-hydrogen) atoms. The Balaban J connectivity index is 2.16. The van der Waals surface area contributed by atoms with Crippen molar-refractivity contribution in [3.63, 3.8) is 0 Å². The Morgan fingerprint density at radius 1 is 1.50 bits per heavy atom. The summed E-state index contributed by atoms with van der Waals surface area (Å²) in [4.78, 5) is 2.29. The predicted octanol–water partition coefficient (Wildman–Crippen LogP) is 3.02. The Hall–Kier alpha value is -1.05. The molecule has 2 unspecified atom stereocenters. The molecule has 2 rings (SSSR count). The summed E-state index contributed by atoms with van der Waals surface area (Å²) in [6.45, 7) is 5.96. The first kappa shape index (κ1) is 13.4. The lowest BCUT2D eigenvalue weighted by Crippen LogP contribution is -2.44. The number of rotatable bonds is 2. The maximum Gasteiger partial charge on any atom is 0.127 e. The van der Waals surface area contributed by atoms with Gasteiger partial charge in [-0.1, -0.05) is 6.92 Å². The monoisotopic (exact) mass is 264 g/mol. The Kier molecular flexibility index (Phi) is 4.26. The van der Waals surface area contributed by atoms with Crippen LogP contribution in [0.3, 0.4) is 0 Å². The van der Waals surface area contributed by atoms with Gasteiger partial charge >= 0.3 is 0 Å². The van der Waals surface area contributed by atoms with Crippen molar-refractivity contribution in [2.75, 3.05) is 12.3 Å². The van der Waals surface area contributed by atoms with Crippen LogP contribution in [0.2, 0.25) is 0 Å². The normalized spacial score (nSPS) is 24.8. The first-order chi connectivity index (χ1) is 8.61. The van der Waals surface area contributed by atoms with Gasteiger partial charge < -0.3 is 0 Å². The van der Waals surface area contributed by atoms with Crippen molar-refractivity contribution in [2.45, 2.75) is 31.7 Å². The molecule has 1 aromatic carbocycles. The summed E-state index contributed by atoms with van der Waals surface area (Å²) in [6, 6.07) is 7.08. The third-order valence-corrected chi connectivity index (χ3v) is 4.90. The fraction of sp³-hybridized carbons (Fsp3) is 0.500. The third-order valence-electron chi connectivity index (χ3n) is 3.56. The predicted molar refractivity (Wildman–Crippen MR) is 72.9 cm³/mol. The van der Waals surface area contributed by atoms with E-state index in [2.05, 4.69) is 24.8 Å². The molecule has 0 aromatic heterocycles. The average molecular weight is 264 g/mol. The van der Waals surface area contributed by atoms with E-state index in [1.807, 2.05) is 11.8 Å². The lowest BCUT2D eigenvalue weighted by molar-refractivity contribution is 0.202. The van der Waals surface area contributed by atoms with Crippen molar-refractivity contribution in [2.24, 2.45) is 0 Å². The number of benzene rings is 1. The molecule has 0 radical (unpaired) electrons. The molecule has 1 fully saturated rings. The van der Waals surface area contributed by atoms with Gasteiger partial charge in [-0.05, 0) is 25.1 Å². The van der Waals surface area contributed by atoms with Crippen molar-refractivity contribution in [3.05, 3.63) is 35.1 Å². The molecule has 96 valence electrons. The molecule has 0 N–H and O–H groups in total. The molecule has 0 amide bonds. The highest BCUT2D eigenvalue weighted by Crippen LogP contribution is 2.26. The van der Waals surface area contributed by atoms with Gasteiger partial charge in [-0.2, -0.15) is 17.0 Å².